The molecule has 0 spiro atoms. The summed E-state index contributed by atoms with van der Waals surface area (Å²) in [5.41, 5.74) is -0.000529. The van der Waals surface area contributed by atoms with Gasteiger partial charge in [0.1, 0.15) is 0 Å². The summed E-state index contributed by atoms with van der Waals surface area (Å²) in [6.07, 6.45) is 1.65. The fourth-order valence-electron chi connectivity index (χ4n) is 1.79. The van der Waals surface area contributed by atoms with Crippen LogP contribution in [0.2, 0.25) is 0 Å². The Morgan fingerprint density at radius 1 is 1.35 bits per heavy atom. The summed E-state index contributed by atoms with van der Waals surface area (Å²) in [6.45, 7) is 0.210. The van der Waals surface area contributed by atoms with Gasteiger partial charge in [-0.25, -0.2) is 17.9 Å². The highest BCUT2D eigenvalue weighted by Gasteiger charge is 2.42. The van der Waals surface area contributed by atoms with Gasteiger partial charge in [0.2, 0.25) is 10.0 Å². The molecule has 2 rings (SSSR count). The number of carbonyl (C=O) groups excluding carboxylic acids is 1. The monoisotopic (exact) mass is 299 g/mol. The number of rotatable bonds is 6. The Kier molecular flexibility index (Phi) is 4.12. The van der Waals surface area contributed by atoms with E-state index in [0.29, 0.717) is 5.56 Å². The van der Waals surface area contributed by atoms with Crippen LogP contribution < -0.4 is 4.72 Å². The summed E-state index contributed by atoms with van der Waals surface area (Å²) in [5.74, 6) is -0.515. The van der Waals surface area contributed by atoms with Crippen molar-refractivity contribution in [3.63, 3.8) is 0 Å². The minimum Gasteiger partial charge on any atom is -0.465 e. The van der Waals surface area contributed by atoms with Crippen LogP contribution in [0.25, 0.3) is 0 Å². The third-order valence-corrected chi connectivity index (χ3v) is 4.93. The van der Waals surface area contributed by atoms with E-state index in [4.69, 9.17) is 5.11 Å². The van der Waals surface area contributed by atoms with Gasteiger partial charge in [0.25, 0.3) is 0 Å². The molecule has 1 aliphatic carbocycles. The predicted octanol–water partition coefficient (Wildman–Crippen LogP) is 0.524. The highest BCUT2D eigenvalue weighted by Crippen LogP contribution is 2.44. The summed E-state index contributed by atoms with van der Waals surface area (Å²) in [5, 5.41) is 9.16. The molecule has 0 aliphatic heterocycles. The van der Waals surface area contributed by atoms with Crippen molar-refractivity contribution in [2.45, 2.75) is 17.7 Å². The molecular formula is C13H17NO5S. The molecule has 7 heteroatoms. The molecule has 0 amide bonds. The molecule has 0 heterocycles. The number of benzene rings is 1. The molecule has 110 valence electrons. The van der Waals surface area contributed by atoms with Gasteiger partial charge in [-0.2, -0.15) is 0 Å². The minimum absolute atomic E-state index is 0.0171. The quantitative estimate of drug-likeness (QED) is 0.747. The van der Waals surface area contributed by atoms with E-state index in [1.165, 1.54) is 31.4 Å². The lowest BCUT2D eigenvalue weighted by atomic mass is 10.1. The Bertz CT molecular complexity index is 590. The van der Waals surface area contributed by atoms with Crippen LogP contribution in [0.4, 0.5) is 0 Å². The molecule has 2 N–H and O–H groups in total. The Morgan fingerprint density at radius 2 is 1.95 bits per heavy atom. The average molecular weight is 299 g/mol. The fraction of sp³-hybridized carbons (Fsp3) is 0.462. The van der Waals surface area contributed by atoms with Crippen LogP contribution >= 0.6 is 0 Å². The lowest BCUT2D eigenvalue weighted by Crippen LogP contribution is -2.31. The minimum atomic E-state index is -3.63. The van der Waals surface area contributed by atoms with Crippen LogP contribution in [0.15, 0.2) is 29.2 Å². The first kappa shape index (κ1) is 15.0. The van der Waals surface area contributed by atoms with E-state index >= 15 is 0 Å². The van der Waals surface area contributed by atoms with E-state index in [1.807, 2.05) is 0 Å². The van der Waals surface area contributed by atoms with Gasteiger partial charge in [0.15, 0.2) is 0 Å². The largest absolute Gasteiger partial charge is 0.465 e. The van der Waals surface area contributed by atoms with Gasteiger partial charge in [-0.05, 0) is 37.1 Å². The Morgan fingerprint density at radius 3 is 2.40 bits per heavy atom. The molecule has 1 aliphatic rings. The zero-order valence-corrected chi connectivity index (χ0v) is 11.9. The third kappa shape index (κ3) is 3.17. The zero-order chi connectivity index (χ0) is 14.8. The molecule has 1 saturated carbocycles. The Hall–Kier alpha value is -1.44. The number of aliphatic hydroxyl groups excluding tert-OH is 1. The maximum absolute atomic E-state index is 12.1. The van der Waals surface area contributed by atoms with Crippen LogP contribution in [-0.2, 0) is 14.8 Å². The van der Waals surface area contributed by atoms with Gasteiger partial charge in [-0.15, -0.1) is 0 Å². The van der Waals surface area contributed by atoms with E-state index < -0.39 is 16.0 Å². The van der Waals surface area contributed by atoms with Crippen molar-refractivity contribution in [3.05, 3.63) is 29.8 Å². The van der Waals surface area contributed by atoms with Crippen LogP contribution in [0, 0.1) is 5.41 Å². The number of esters is 1. The van der Waals surface area contributed by atoms with E-state index in [2.05, 4.69) is 9.46 Å². The van der Waals surface area contributed by atoms with Crippen molar-refractivity contribution >= 4 is 16.0 Å². The second-order valence-corrected chi connectivity index (χ2v) is 6.77. The molecule has 0 unspecified atom stereocenters. The van der Waals surface area contributed by atoms with Crippen molar-refractivity contribution in [1.29, 1.82) is 0 Å². The molecular weight excluding hydrogens is 282 g/mol. The van der Waals surface area contributed by atoms with Crippen molar-refractivity contribution in [2.24, 2.45) is 5.41 Å². The lowest BCUT2D eigenvalue weighted by Gasteiger charge is -2.13. The average Bonchev–Trinajstić information content (AvgIpc) is 3.25. The molecule has 0 radical (unpaired) electrons. The van der Waals surface area contributed by atoms with Gasteiger partial charge in [0.05, 0.1) is 17.6 Å². The molecule has 0 bridgehead atoms. The van der Waals surface area contributed by atoms with Gasteiger partial charge in [-0.1, -0.05) is 0 Å². The normalized spacial score (nSPS) is 16.7. The van der Waals surface area contributed by atoms with Gasteiger partial charge >= 0.3 is 5.97 Å². The van der Waals surface area contributed by atoms with Crippen LogP contribution in [0.1, 0.15) is 23.2 Å². The third-order valence-electron chi connectivity index (χ3n) is 3.52. The lowest BCUT2D eigenvalue weighted by molar-refractivity contribution is 0.0600. The Balaban J connectivity index is 2.07. The molecule has 0 aromatic heterocycles. The number of ether oxygens (including phenoxy) is 1. The van der Waals surface area contributed by atoms with E-state index in [1.54, 1.807) is 0 Å². The number of carbonyl (C=O) groups is 1. The van der Waals surface area contributed by atoms with Crippen LogP contribution in [0.3, 0.4) is 0 Å². The van der Waals surface area contributed by atoms with Crippen molar-refractivity contribution in [3.8, 4) is 0 Å². The molecule has 1 aromatic rings. The van der Waals surface area contributed by atoms with Gasteiger partial charge < -0.3 is 9.84 Å². The molecule has 1 fully saturated rings. The number of nitrogens with one attached hydrogen (secondary N) is 1. The molecule has 0 saturated heterocycles. The maximum Gasteiger partial charge on any atom is 0.337 e. The van der Waals surface area contributed by atoms with Gasteiger partial charge in [-0.3, -0.25) is 0 Å². The predicted molar refractivity (Wildman–Crippen MR) is 71.7 cm³/mol. The summed E-state index contributed by atoms with van der Waals surface area (Å²) >= 11 is 0. The molecule has 6 nitrogen and oxygen atoms in total. The molecule has 20 heavy (non-hydrogen) atoms. The smallest absolute Gasteiger partial charge is 0.337 e. The first-order valence-electron chi connectivity index (χ1n) is 6.21. The van der Waals surface area contributed by atoms with Crippen molar-refractivity contribution < 1.29 is 23.1 Å². The summed E-state index contributed by atoms with van der Waals surface area (Å²) in [6, 6.07) is 5.51. The fourth-order valence-corrected chi connectivity index (χ4v) is 2.94. The Labute approximate surface area is 117 Å². The zero-order valence-electron chi connectivity index (χ0n) is 11.1. The number of hydrogen-bond donors (Lipinski definition) is 2. The summed E-state index contributed by atoms with van der Waals surface area (Å²) < 4.78 is 31.2. The number of aliphatic hydroxyl groups is 1. The standard InChI is InChI=1S/C13H17NO5S/c1-19-12(16)10-2-4-11(5-3-10)20(17,18)14-8-13(9-15)6-7-13/h2-5,14-15H,6-9H2,1H3. The number of sulfonamides is 1. The summed E-state index contributed by atoms with van der Waals surface area (Å²) in [4.78, 5) is 11.3. The van der Waals surface area contributed by atoms with Crippen LogP contribution in [-0.4, -0.2) is 39.8 Å². The second-order valence-electron chi connectivity index (χ2n) is 5.00. The van der Waals surface area contributed by atoms with Crippen molar-refractivity contribution in [1.82, 2.24) is 4.72 Å². The van der Waals surface area contributed by atoms with E-state index in [9.17, 15) is 13.2 Å². The van der Waals surface area contributed by atoms with Crippen molar-refractivity contribution in [2.75, 3.05) is 20.3 Å². The topological polar surface area (TPSA) is 92.7 Å². The summed E-state index contributed by atoms with van der Waals surface area (Å²) in [7, 11) is -2.36. The highest BCUT2D eigenvalue weighted by molar-refractivity contribution is 7.89. The number of hydrogen-bond acceptors (Lipinski definition) is 5. The SMILES string of the molecule is COC(=O)c1ccc(S(=O)(=O)NCC2(CO)CC2)cc1. The van der Waals surface area contributed by atoms with E-state index in [-0.39, 0.29) is 23.5 Å². The highest BCUT2D eigenvalue weighted by atomic mass is 32.2. The van der Waals surface area contributed by atoms with Gasteiger partial charge in [0, 0.05) is 18.6 Å². The first-order chi connectivity index (χ1) is 9.42. The first-order valence-corrected chi connectivity index (χ1v) is 7.70. The maximum atomic E-state index is 12.1. The van der Waals surface area contributed by atoms with E-state index in [0.717, 1.165) is 12.8 Å². The molecule has 1 aromatic carbocycles. The van der Waals surface area contributed by atoms with Crippen LogP contribution in [0.5, 0.6) is 0 Å². The molecule has 0 atom stereocenters. The number of methoxy groups -OCH3 is 1. The second kappa shape index (κ2) is 5.51.